The lowest BCUT2D eigenvalue weighted by Gasteiger charge is -2.25. The van der Waals surface area contributed by atoms with Crippen LogP contribution in [0, 0.1) is 5.92 Å². The van der Waals surface area contributed by atoms with Crippen molar-refractivity contribution in [2.45, 2.75) is 31.7 Å². The van der Waals surface area contributed by atoms with E-state index in [-0.39, 0.29) is 17.9 Å². The van der Waals surface area contributed by atoms with Gasteiger partial charge in [0.15, 0.2) is 0 Å². The van der Waals surface area contributed by atoms with E-state index in [1.54, 1.807) is 0 Å². The Morgan fingerprint density at radius 1 is 1.42 bits per heavy atom. The molecule has 0 bridgehead atoms. The minimum atomic E-state index is -0.119. The summed E-state index contributed by atoms with van der Waals surface area (Å²) in [4.78, 5) is 11.1. The van der Waals surface area contributed by atoms with E-state index in [0.29, 0.717) is 0 Å². The lowest BCUT2D eigenvalue weighted by Crippen LogP contribution is -2.33. The molecule has 0 radical (unpaired) electrons. The summed E-state index contributed by atoms with van der Waals surface area (Å²) in [7, 11) is 1.42. The summed E-state index contributed by atoms with van der Waals surface area (Å²) in [6.45, 7) is 0. The largest absolute Gasteiger partial charge is 0.469 e. The minimum absolute atomic E-state index is 0.0413. The third kappa shape index (κ3) is 2.19. The van der Waals surface area contributed by atoms with Crippen molar-refractivity contribution in [1.29, 1.82) is 0 Å². The molecule has 0 heterocycles. The van der Waals surface area contributed by atoms with Crippen molar-refractivity contribution in [2.75, 3.05) is 7.11 Å². The number of carbonyl (C=O) groups excluding carboxylic acids is 1. The Hall–Kier alpha value is -0.610. The van der Waals surface area contributed by atoms with E-state index in [2.05, 4.69) is 10.2 Å². The van der Waals surface area contributed by atoms with Gasteiger partial charge in [0, 0.05) is 6.04 Å². The van der Waals surface area contributed by atoms with Crippen LogP contribution in [0.2, 0.25) is 0 Å². The Labute approximate surface area is 71.9 Å². The van der Waals surface area contributed by atoms with Gasteiger partial charge in [-0.2, -0.15) is 0 Å². The second-order valence-electron chi connectivity index (χ2n) is 3.20. The van der Waals surface area contributed by atoms with E-state index in [0.717, 1.165) is 25.7 Å². The second-order valence-corrected chi connectivity index (χ2v) is 3.20. The Morgan fingerprint density at radius 2 is 2.00 bits per heavy atom. The highest BCUT2D eigenvalue weighted by Crippen LogP contribution is 2.24. The van der Waals surface area contributed by atoms with Crippen LogP contribution in [0.5, 0.6) is 0 Å². The highest BCUT2D eigenvalue weighted by molar-refractivity contribution is 5.72. The van der Waals surface area contributed by atoms with Gasteiger partial charge in [0.2, 0.25) is 0 Å². The maximum Gasteiger partial charge on any atom is 0.308 e. The van der Waals surface area contributed by atoms with Crippen LogP contribution in [0.3, 0.4) is 0 Å². The summed E-state index contributed by atoms with van der Waals surface area (Å²) in [5.41, 5.74) is 2.23. The summed E-state index contributed by atoms with van der Waals surface area (Å²) in [5, 5.41) is 8.61. The summed E-state index contributed by atoms with van der Waals surface area (Å²) in [5.74, 6) is -0.0778. The average Bonchev–Trinajstić information content (AvgIpc) is 2.17. The summed E-state index contributed by atoms with van der Waals surface area (Å²) >= 11 is 0. The van der Waals surface area contributed by atoms with Crippen LogP contribution in [-0.2, 0) is 9.53 Å². The van der Waals surface area contributed by atoms with Crippen molar-refractivity contribution in [3.05, 3.63) is 0 Å². The SMILES string of the molecule is COC(=O)C1CCC(NO)CC1. The standard InChI is InChI=1S/C8H15NO3/c1-12-8(10)6-2-4-7(9-11)5-3-6/h6-7,9,11H,2-5H2,1H3. The number of nitrogens with one attached hydrogen (secondary N) is 1. The van der Waals surface area contributed by atoms with Crippen molar-refractivity contribution >= 4 is 5.97 Å². The van der Waals surface area contributed by atoms with Crippen LogP contribution < -0.4 is 5.48 Å². The van der Waals surface area contributed by atoms with Gasteiger partial charge < -0.3 is 9.94 Å². The monoisotopic (exact) mass is 173 g/mol. The van der Waals surface area contributed by atoms with Crippen LogP contribution >= 0.6 is 0 Å². The molecule has 0 aliphatic heterocycles. The maximum atomic E-state index is 11.1. The molecular weight excluding hydrogens is 158 g/mol. The van der Waals surface area contributed by atoms with E-state index in [1.165, 1.54) is 7.11 Å². The molecule has 0 aromatic rings. The molecule has 0 atom stereocenters. The van der Waals surface area contributed by atoms with Crippen LogP contribution in [-0.4, -0.2) is 24.3 Å². The number of hydrogen-bond donors (Lipinski definition) is 2. The lowest BCUT2D eigenvalue weighted by molar-refractivity contribution is -0.146. The van der Waals surface area contributed by atoms with Crippen molar-refractivity contribution in [3.8, 4) is 0 Å². The summed E-state index contributed by atoms with van der Waals surface area (Å²) in [6, 6.07) is 0.158. The first-order valence-corrected chi connectivity index (χ1v) is 4.25. The molecule has 4 nitrogen and oxygen atoms in total. The second kappa shape index (κ2) is 4.42. The third-order valence-corrected chi connectivity index (χ3v) is 2.44. The average molecular weight is 173 g/mol. The van der Waals surface area contributed by atoms with E-state index < -0.39 is 0 Å². The highest BCUT2D eigenvalue weighted by Gasteiger charge is 2.26. The first kappa shape index (κ1) is 9.48. The smallest absolute Gasteiger partial charge is 0.308 e. The van der Waals surface area contributed by atoms with E-state index >= 15 is 0 Å². The van der Waals surface area contributed by atoms with Crippen molar-refractivity contribution in [2.24, 2.45) is 5.92 Å². The zero-order valence-electron chi connectivity index (χ0n) is 7.25. The van der Waals surface area contributed by atoms with E-state index in [1.807, 2.05) is 0 Å². The van der Waals surface area contributed by atoms with Gasteiger partial charge in [-0.05, 0) is 25.7 Å². The van der Waals surface area contributed by atoms with Crippen molar-refractivity contribution in [3.63, 3.8) is 0 Å². The van der Waals surface area contributed by atoms with Crippen LogP contribution in [0.1, 0.15) is 25.7 Å². The predicted molar refractivity (Wildman–Crippen MR) is 42.7 cm³/mol. The van der Waals surface area contributed by atoms with Gasteiger partial charge in [0.25, 0.3) is 0 Å². The molecule has 1 rings (SSSR count). The molecule has 0 unspecified atom stereocenters. The van der Waals surface area contributed by atoms with Gasteiger partial charge in [-0.3, -0.25) is 4.79 Å². The quantitative estimate of drug-likeness (QED) is 0.476. The summed E-state index contributed by atoms with van der Waals surface area (Å²) < 4.78 is 4.64. The first-order chi connectivity index (χ1) is 5.77. The van der Waals surface area contributed by atoms with Gasteiger partial charge in [0.1, 0.15) is 0 Å². The number of hydrogen-bond acceptors (Lipinski definition) is 4. The molecule has 12 heavy (non-hydrogen) atoms. The predicted octanol–water partition coefficient (Wildman–Crippen LogP) is 0.697. The molecule has 0 aromatic carbocycles. The number of hydroxylamine groups is 1. The summed E-state index contributed by atoms with van der Waals surface area (Å²) in [6.07, 6.45) is 3.31. The Morgan fingerprint density at radius 3 is 2.42 bits per heavy atom. The molecule has 70 valence electrons. The van der Waals surface area contributed by atoms with Gasteiger partial charge in [0.05, 0.1) is 13.0 Å². The number of ether oxygens (including phenoxy) is 1. The van der Waals surface area contributed by atoms with Crippen molar-refractivity contribution in [1.82, 2.24) is 5.48 Å². The van der Waals surface area contributed by atoms with Gasteiger partial charge in [-0.25, -0.2) is 5.48 Å². The van der Waals surface area contributed by atoms with Gasteiger partial charge >= 0.3 is 5.97 Å². The van der Waals surface area contributed by atoms with Crippen LogP contribution in [0.25, 0.3) is 0 Å². The fraction of sp³-hybridized carbons (Fsp3) is 0.875. The number of carbonyl (C=O) groups is 1. The zero-order chi connectivity index (χ0) is 8.97. The fourth-order valence-electron chi connectivity index (χ4n) is 1.62. The first-order valence-electron chi connectivity index (χ1n) is 4.25. The molecule has 4 heteroatoms. The Bertz CT molecular complexity index is 152. The number of esters is 1. The molecule has 0 amide bonds. The lowest BCUT2D eigenvalue weighted by atomic mass is 9.86. The molecule has 1 aliphatic carbocycles. The zero-order valence-corrected chi connectivity index (χ0v) is 7.25. The number of methoxy groups -OCH3 is 1. The maximum absolute atomic E-state index is 11.1. The molecule has 1 fully saturated rings. The Balaban J connectivity index is 2.30. The molecule has 2 N–H and O–H groups in total. The number of rotatable bonds is 2. The molecule has 1 saturated carbocycles. The molecular formula is C8H15NO3. The normalized spacial score (nSPS) is 29.8. The third-order valence-electron chi connectivity index (χ3n) is 2.44. The highest BCUT2D eigenvalue weighted by atomic mass is 16.5. The molecule has 0 spiro atoms. The fourth-order valence-corrected chi connectivity index (χ4v) is 1.62. The van der Waals surface area contributed by atoms with Gasteiger partial charge in [-0.15, -0.1) is 0 Å². The Kier molecular flexibility index (Phi) is 3.49. The molecule has 0 saturated heterocycles. The van der Waals surface area contributed by atoms with Gasteiger partial charge in [-0.1, -0.05) is 0 Å². The minimum Gasteiger partial charge on any atom is -0.469 e. The van der Waals surface area contributed by atoms with Crippen LogP contribution in [0.4, 0.5) is 0 Å². The topological polar surface area (TPSA) is 58.6 Å². The van der Waals surface area contributed by atoms with E-state index in [4.69, 9.17) is 5.21 Å². The molecule has 1 aliphatic rings. The van der Waals surface area contributed by atoms with E-state index in [9.17, 15) is 4.79 Å². The molecule has 0 aromatic heterocycles. The van der Waals surface area contributed by atoms with Crippen LogP contribution in [0.15, 0.2) is 0 Å². The van der Waals surface area contributed by atoms with Crippen molar-refractivity contribution < 1.29 is 14.7 Å².